The van der Waals surface area contributed by atoms with E-state index in [1.165, 1.54) is 11.3 Å². The van der Waals surface area contributed by atoms with E-state index in [0.29, 0.717) is 24.5 Å². The van der Waals surface area contributed by atoms with Crippen LogP contribution < -0.4 is 10.2 Å². The van der Waals surface area contributed by atoms with Gasteiger partial charge >= 0.3 is 0 Å². The first-order valence-electron chi connectivity index (χ1n) is 7.98. The Morgan fingerprint density at radius 2 is 2.00 bits per heavy atom. The molecule has 1 aromatic heterocycles. The highest BCUT2D eigenvalue weighted by Crippen LogP contribution is 2.34. The van der Waals surface area contributed by atoms with E-state index in [2.05, 4.69) is 21.6 Å². The molecule has 1 N–H and O–H groups in total. The zero-order valence-electron chi connectivity index (χ0n) is 14.0. The maximum absolute atomic E-state index is 12.4. The van der Waals surface area contributed by atoms with Crippen LogP contribution in [0.5, 0.6) is 0 Å². The molecule has 3 rings (SSSR count). The molecule has 0 unspecified atom stereocenters. The Morgan fingerprint density at radius 1 is 1.29 bits per heavy atom. The SMILES string of the molecule is CCC(=O)Nc1nnc([C@@H]2CC(=O)N(c3cc(C)cc(C)c3)C2)s1. The topological polar surface area (TPSA) is 75.2 Å². The van der Waals surface area contributed by atoms with Gasteiger partial charge in [0.15, 0.2) is 0 Å². The fourth-order valence-electron chi connectivity index (χ4n) is 2.89. The van der Waals surface area contributed by atoms with Gasteiger partial charge in [-0.2, -0.15) is 0 Å². The second kappa shape index (κ2) is 6.68. The second-order valence-corrected chi connectivity index (χ2v) is 7.11. The van der Waals surface area contributed by atoms with Crippen LogP contribution in [0.4, 0.5) is 10.8 Å². The first-order chi connectivity index (χ1) is 11.5. The Bertz CT molecular complexity index is 766. The number of rotatable bonds is 4. The predicted octanol–water partition coefficient (Wildman–Crippen LogP) is 3.02. The molecule has 1 aromatic carbocycles. The number of hydrogen-bond donors (Lipinski definition) is 1. The van der Waals surface area contributed by atoms with E-state index >= 15 is 0 Å². The third-order valence-corrected chi connectivity index (χ3v) is 5.00. The molecule has 1 aliphatic heterocycles. The summed E-state index contributed by atoms with van der Waals surface area (Å²) in [4.78, 5) is 25.7. The smallest absolute Gasteiger partial charge is 0.227 e. The zero-order chi connectivity index (χ0) is 17.3. The van der Waals surface area contributed by atoms with E-state index in [-0.39, 0.29) is 17.7 Å². The molecule has 2 heterocycles. The summed E-state index contributed by atoms with van der Waals surface area (Å²) < 4.78 is 0. The fraction of sp³-hybridized carbons (Fsp3) is 0.412. The summed E-state index contributed by atoms with van der Waals surface area (Å²) in [5.74, 6) is 0.0273. The van der Waals surface area contributed by atoms with Gasteiger partial charge in [0.2, 0.25) is 16.9 Å². The monoisotopic (exact) mass is 344 g/mol. The van der Waals surface area contributed by atoms with Gasteiger partial charge in [-0.3, -0.25) is 9.59 Å². The van der Waals surface area contributed by atoms with Crippen LogP contribution in [0.2, 0.25) is 0 Å². The van der Waals surface area contributed by atoms with Crippen LogP contribution in [0.3, 0.4) is 0 Å². The van der Waals surface area contributed by atoms with E-state index in [1.54, 1.807) is 6.92 Å². The molecular formula is C17H20N4O2S. The molecule has 126 valence electrons. The maximum Gasteiger partial charge on any atom is 0.227 e. The molecule has 0 spiro atoms. The predicted molar refractivity (Wildman–Crippen MR) is 94.5 cm³/mol. The van der Waals surface area contributed by atoms with Crippen molar-refractivity contribution in [3.63, 3.8) is 0 Å². The Morgan fingerprint density at radius 3 is 2.67 bits per heavy atom. The molecule has 1 saturated heterocycles. The van der Waals surface area contributed by atoms with Crippen molar-refractivity contribution < 1.29 is 9.59 Å². The molecule has 24 heavy (non-hydrogen) atoms. The first-order valence-corrected chi connectivity index (χ1v) is 8.80. The van der Waals surface area contributed by atoms with Gasteiger partial charge in [-0.1, -0.05) is 24.3 Å². The third-order valence-electron chi connectivity index (χ3n) is 4.00. The summed E-state index contributed by atoms with van der Waals surface area (Å²) >= 11 is 1.35. The highest BCUT2D eigenvalue weighted by molar-refractivity contribution is 7.15. The lowest BCUT2D eigenvalue weighted by atomic mass is 10.1. The van der Waals surface area contributed by atoms with Crippen LogP contribution in [-0.4, -0.2) is 28.6 Å². The van der Waals surface area contributed by atoms with Gasteiger partial charge in [-0.05, 0) is 37.1 Å². The van der Waals surface area contributed by atoms with Gasteiger partial charge in [-0.15, -0.1) is 10.2 Å². The van der Waals surface area contributed by atoms with Gasteiger partial charge in [-0.25, -0.2) is 0 Å². The van der Waals surface area contributed by atoms with Crippen LogP contribution in [0.15, 0.2) is 18.2 Å². The van der Waals surface area contributed by atoms with Crippen molar-refractivity contribution in [3.8, 4) is 0 Å². The minimum Gasteiger partial charge on any atom is -0.312 e. The third kappa shape index (κ3) is 3.46. The van der Waals surface area contributed by atoms with E-state index < -0.39 is 0 Å². The summed E-state index contributed by atoms with van der Waals surface area (Å²) in [6.45, 7) is 6.44. The number of aryl methyl sites for hydroxylation is 2. The lowest BCUT2D eigenvalue weighted by molar-refractivity contribution is -0.117. The van der Waals surface area contributed by atoms with Crippen LogP contribution in [-0.2, 0) is 9.59 Å². The average Bonchev–Trinajstić information content (AvgIpc) is 3.12. The number of aromatic nitrogens is 2. The molecule has 1 fully saturated rings. The van der Waals surface area contributed by atoms with E-state index in [4.69, 9.17) is 0 Å². The van der Waals surface area contributed by atoms with Crippen LogP contribution in [0.1, 0.15) is 41.8 Å². The number of amides is 2. The van der Waals surface area contributed by atoms with Gasteiger partial charge in [0.05, 0.1) is 0 Å². The Hall–Kier alpha value is -2.28. The second-order valence-electron chi connectivity index (χ2n) is 6.10. The summed E-state index contributed by atoms with van der Waals surface area (Å²) in [5.41, 5.74) is 3.22. The highest BCUT2D eigenvalue weighted by atomic mass is 32.1. The number of carbonyl (C=O) groups excluding carboxylic acids is 2. The number of nitrogens with one attached hydrogen (secondary N) is 1. The minimum absolute atomic E-state index is 0.0168. The Labute approximate surface area is 144 Å². The van der Waals surface area contributed by atoms with E-state index in [9.17, 15) is 9.59 Å². The van der Waals surface area contributed by atoms with Crippen LogP contribution in [0, 0.1) is 13.8 Å². The molecule has 6 nitrogen and oxygen atoms in total. The normalized spacial score (nSPS) is 17.4. The molecule has 2 amide bonds. The van der Waals surface area contributed by atoms with Gasteiger partial charge < -0.3 is 10.2 Å². The number of hydrogen-bond acceptors (Lipinski definition) is 5. The van der Waals surface area contributed by atoms with E-state index in [0.717, 1.165) is 21.8 Å². The number of carbonyl (C=O) groups is 2. The summed E-state index contributed by atoms with van der Waals surface area (Å²) in [6.07, 6.45) is 0.820. The fourth-order valence-corrected chi connectivity index (χ4v) is 3.74. The maximum atomic E-state index is 12.4. The average molecular weight is 344 g/mol. The summed E-state index contributed by atoms with van der Waals surface area (Å²) in [5, 5.41) is 12.2. The van der Waals surface area contributed by atoms with Crippen molar-refractivity contribution in [1.82, 2.24) is 10.2 Å². The van der Waals surface area contributed by atoms with Crippen molar-refractivity contribution in [3.05, 3.63) is 34.3 Å². The summed E-state index contributed by atoms with van der Waals surface area (Å²) in [6, 6.07) is 6.15. The largest absolute Gasteiger partial charge is 0.312 e. The summed E-state index contributed by atoms with van der Waals surface area (Å²) in [7, 11) is 0. The Kier molecular flexibility index (Phi) is 4.62. The molecule has 0 radical (unpaired) electrons. The van der Waals surface area contributed by atoms with Crippen LogP contribution in [0.25, 0.3) is 0 Å². The van der Waals surface area contributed by atoms with Crippen molar-refractivity contribution in [2.24, 2.45) is 0 Å². The van der Waals surface area contributed by atoms with Gasteiger partial charge in [0, 0.05) is 31.0 Å². The molecule has 0 aliphatic carbocycles. The molecule has 0 saturated carbocycles. The zero-order valence-corrected chi connectivity index (χ0v) is 14.8. The Balaban J connectivity index is 1.76. The van der Waals surface area contributed by atoms with Gasteiger partial charge in [0.1, 0.15) is 5.01 Å². The molecule has 7 heteroatoms. The van der Waals surface area contributed by atoms with E-state index in [1.807, 2.05) is 30.9 Å². The van der Waals surface area contributed by atoms with Crippen LogP contribution >= 0.6 is 11.3 Å². The first kappa shape index (κ1) is 16.6. The molecule has 0 bridgehead atoms. The standard InChI is InChI=1S/C17H20N4O2S/c1-4-14(22)18-17-20-19-16(24-17)12-8-15(23)21(9-12)13-6-10(2)5-11(3)7-13/h5-7,12H,4,8-9H2,1-3H3,(H,18,20,22)/t12-/m1/s1. The molecule has 2 aromatic rings. The van der Waals surface area contributed by atoms with Crippen molar-refractivity contribution in [2.75, 3.05) is 16.8 Å². The lowest BCUT2D eigenvalue weighted by Crippen LogP contribution is -2.24. The van der Waals surface area contributed by atoms with Crippen molar-refractivity contribution >= 4 is 34.0 Å². The number of benzene rings is 1. The minimum atomic E-state index is -0.0861. The quantitative estimate of drug-likeness (QED) is 0.925. The lowest BCUT2D eigenvalue weighted by Gasteiger charge is -2.17. The van der Waals surface area contributed by atoms with Crippen molar-refractivity contribution in [1.29, 1.82) is 0 Å². The number of nitrogens with zero attached hydrogens (tertiary/aromatic N) is 3. The van der Waals surface area contributed by atoms with Crippen molar-refractivity contribution in [2.45, 2.75) is 39.5 Å². The van der Waals surface area contributed by atoms with Gasteiger partial charge in [0.25, 0.3) is 0 Å². The molecule has 1 atom stereocenters. The number of anilines is 2. The molecule has 1 aliphatic rings. The highest BCUT2D eigenvalue weighted by Gasteiger charge is 2.34. The molecular weight excluding hydrogens is 324 g/mol.